The number of carbonyl (C=O) groups is 2. The number of aliphatic hydroxyl groups excluding tert-OH is 2. The van der Waals surface area contributed by atoms with E-state index in [9.17, 15) is 19.8 Å². The lowest BCUT2D eigenvalue weighted by Crippen LogP contribution is -2.24. The van der Waals surface area contributed by atoms with Crippen LogP contribution < -0.4 is 9.47 Å². The zero-order valence-electron chi connectivity index (χ0n) is 16.4. The number of aliphatic hydroxyl groups is 2. The summed E-state index contributed by atoms with van der Waals surface area (Å²) in [5.41, 5.74) is 0. The van der Waals surface area contributed by atoms with Crippen molar-refractivity contribution in [2.24, 2.45) is 0 Å². The molecule has 0 spiro atoms. The maximum atomic E-state index is 11.0. The molecule has 2 unspecified atom stereocenters. The Labute approximate surface area is 173 Å². The van der Waals surface area contributed by atoms with Gasteiger partial charge in [-0.15, -0.1) is 0 Å². The molecule has 2 rings (SSSR count). The van der Waals surface area contributed by atoms with E-state index in [-0.39, 0.29) is 26.4 Å². The van der Waals surface area contributed by atoms with Gasteiger partial charge in [-0.25, -0.2) is 9.59 Å². The SMILES string of the molecule is C=CC(=O)OCC(O)COc1ccc2cc(OCC(O)COC(=O)C=C)ccc2c1. The lowest BCUT2D eigenvalue weighted by atomic mass is 10.1. The fourth-order valence-electron chi connectivity index (χ4n) is 2.34. The zero-order valence-corrected chi connectivity index (χ0v) is 16.4. The molecule has 2 aromatic carbocycles. The molecule has 0 aliphatic carbocycles. The lowest BCUT2D eigenvalue weighted by molar-refractivity contribution is -0.142. The van der Waals surface area contributed by atoms with Gasteiger partial charge in [0.15, 0.2) is 0 Å². The first kappa shape index (κ1) is 22.9. The van der Waals surface area contributed by atoms with Crippen LogP contribution in [0.1, 0.15) is 0 Å². The van der Waals surface area contributed by atoms with Gasteiger partial charge in [0.2, 0.25) is 0 Å². The molecule has 0 aliphatic rings. The van der Waals surface area contributed by atoms with E-state index >= 15 is 0 Å². The summed E-state index contributed by atoms with van der Waals surface area (Å²) in [7, 11) is 0. The van der Waals surface area contributed by atoms with Gasteiger partial charge in [0.05, 0.1) is 0 Å². The normalized spacial score (nSPS) is 12.5. The highest BCUT2D eigenvalue weighted by Crippen LogP contribution is 2.25. The maximum absolute atomic E-state index is 11.0. The van der Waals surface area contributed by atoms with Crippen molar-refractivity contribution in [1.29, 1.82) is 0 Å². The third-order valence-electron chi connectivity index (χ3n) is 3.84. The predicted octanol–water partition coefficient (Wildman–Crippen LogP) is 1.78. The minimum atomic E-state index is -0.961. The number of fused-ring (bicyclic) bond motifs is 1. The van der Waals surface area contributed by atoms with Crippen LogP contribution >= 0.6 is 0 Å². The zero-order chi connectivity index (χ0) is 21.9. The average Bonchev–Trinajstić information content (AvgIpc) is 2.77. The van der Waals surface area contributed by atoms with Crippen LogP contribution in [0.2, 0.25) is 0 Å². The summed E-state index contributed by atoms with van der Waals surface area (Å²) in [6, 6.07) is 10.7. The lowest BCUT2D eigenvalue weighted by Gasteiger charge is -2.14. The highest BCUT2D eigenvalue weighted by molar-refractivity contribution is 5.85. The summed E-state index contributed by atoms with van der Waals surface area (Å²) in [6.07, 6.45) is 0.121. The molecule has 2 atom stereocenters. The summed E-state index contributed by atoms with van der Waals surface area (Å²) in [4.78, 5) is 22.0. The van der Waals surface area contributed by atoms with Gasteiger partial charge >= 0.3 is 11.9 Å². The molecular weight excluding hydrogens is 392 g/mol. The van der Waals surface area contributed by atoms with E-state index < -0.39 is 24.1 Å². The molecule has 30 heavy (non-hydrogen) atoms. The first-order valence-corrected chi connectivity index (χ1v) is 9.15. The summed E-state index contributed by atoms with van der Waals surface area (Å²) in [6.45, 7) is 6.11. The van der Waals surface area contributed by atoms with E-state index in [4.69, 9.17) is 18.9 Å². The molecule has 160 valence electrons. The summed E-state index contributed by atoms with van der Waals surface area (Å²) < 4.78 is 20.6. The topological polar surface area (TPSA) is 112 Å². The Bertz CT molecular complexity index is 819. The van der Waals surface area contributed by atoms with Crippen LogP contribution in [0, 0.1) is 0 Å². The van der Waals surface area contributed by atoms with Crippen molar-refractivity contribution in [2.45, 2.75) is 12.2 Å². The fraction of sp³-hybridized carbons (Fsp3) is 0.273. The van der Waals surface area contributed by atoms with Gasteiger partial charge in [0.25, 0.3) is 0 Å². The summed E-state index contributed by atoms with van der Waals surface area (Å²) in [5.74, 6) is -0.124. The van der Waals surface area contributed by atoms with Gasteiger partial charge in [-0.2, -0.15) is 0 Å². The second kappa shape index (κ2) is 11.6. The smallest absolute Gasteiger partial charge is 0.330 e. The fourth-order valence-corrected chi connectivity index (χ4v) is 2.34. The maximum Gasteiger partial charge on any atom is 0.330 e. The van der Waals surface area contributed by atoms with E-state index in [2.05, 4.69) is 13.2 Å². The van der Waals surface area contributed by atoms with Crippen molar-refractivity contribution >= 4 is 22.7 Å². The van der Waals surface area contributed by atoms with Crippen molar-refractivity contribution in [1.82, 2.24) is 0 Å². The van der Waals surface area contributed by atoms with Gasteiger partial charge in [-0.1, -0.05) is 25.3 Å². The average molecular weight is 416 g/mol. The summed E-state index contributed by atoms with van der Waals surface area (Å²) in [5, 5.41) is 21.3. The van der Waals surface area contributed by atoms with Crippen molar-refractivity contribution in [3.05, 3.63) is 61.7 Å². The molecule has 0 amide bonds. The van der Waals surface area contributed by atoms with E-state index in [0.717, 1.165) is 22.9 Å². The highest BCUT2D eigenvalue weighted by Gasteiger charge is 2.10. The van der Waals surface area contributed by atoms with Gasteiger partial charge < -0.3 is 29.2 Å². The molecule has 0 saturated heterocycles. The van der Waals surface area contributed by atoms with Crippen molar-refractivity contribution in [3.8, 4) is 11.5 Å². The van der Waals surface area contributed by atoms with Crippen LogP contribution in [0.4, 0.5) is 0 Å². The number of rotatable bonds is 12. The molecule has 2 N–H and O–H groups in total. The van der Waals surface area contributed by atoms with Gasteiger partial charge in [-0.3, -0.25) is 0 Å². The monoisotopic (exact) mass is 416 g/mol. The molecule has 2 aromatic rings. The molecule has 8 nitrogen and oxygen atoms in total. The second-order valence-electron chi connectivity index (χ2n) is 6.27. The molecular formula is C22H24O8. The first-order valence-electron chi connectivity index (χ1n) is 9.15. The third-order valence-corrected chi connectivity index (χ3v) is 3.84. The van der Waals surface area contributed by atoms with Crippen LogP contribution in [0.15, 0.2) is 61.7 Å². The molecule has 0 saturated carbocycles. The Morgan fingerprint density at radius 2 is 1.17 bits per heavy atom. The molecule has 0 aromatic heterocycles. The van der Waals surface area contributed by atoms with Gasteiger partial charge in [0, 0.05) is 12.2 Å². The quantitative estimate of drug-likeness (QED) is 0.398. The Hall–Kier alpha value is -3.36. The largest absolute Gasteiger partial charge is 0.491 e. The minimum absolute atomic E-state index is 0.0363. The van der Waals surface area contributed by atoms with Crippen molar-refractivity contribution in [2.75, 3.05) is 26.4 Å². The number of ether oxygens (including phenoxy) is 4. The van der Waals surface area contributed by atoms with Crippen molar-refractivity contribution < 1.29 is 38.7 Å². The highest BCUT2D eigenvalue weighted by atomic mass is 16.6. The molecule has 0 fully saturated rings. The van der Waals surface area contributed by atoms with Crippen LogP contribution in [0.5, 0.6) is 11.5 Å². The van der Waals surface area contributed by atoms with E-state index in [1.807, 2.05) is 12.1 Å². The van der Waals surface area contributed by atoms with Gasteiger partial charge in [-0.05, 0) is 35.0 Å². The predicted molar refractivity (Wildman–Crippen MR) is 109 cm³/mol. The molecule has 0 radical (unpaired) electrons. The van der Waals surface area contributed by atoms with E-state index in [1.54, 1.807) is 24.3 Å². The Morgan fingerprint density at radius 3 is 1.53 bits per heavy atom. The van der Waals surface area contributed by atoms with Crippen LogP contribution in [0.3, 0.4) is 0 Å². The van der Waals surface area contributed by atoms with Crippen LogP contribution in [-0.4, -0.2) is 60.8 Å². The van der Waals surface area contributed by atoms with E-state index in [0.29, 0.717) is 11.5 Å². The summed E-state index contributed by atoms with van der Waals surface area (Å²) >= 11 is 0. The molecule has 0 aliphatic heterocycles. The minimum Gasteiger partial charge on any atom is -0.491 e. The van der Waals surface area contributed by atoms with Gasteiger partial charge in [0.1, 0.15) is 50.1 Å². The van der Waals surface area contributed by atoms with E-state index in [1.165, 1.54) is 0 Å². The number of hydrogen-bond acceptors (Lipinski definition) is 8. The Balaban J connectivity index is 1.86. The van der Waals surface area contributed by atoms with Crippen LogP contribution in [0.25, 0.3) is 10.8 Å². The second-order valence-corrected chi connectivity index (χ2v) is 6.27. The van der Waals surface area contributed by atoms with Crippen LogP contribution in [-0.2, 0) is 19.1 Å². The van der Waals surface area contributed by atoms with Crippen molar-refractivity contribution in [3.63, 3.8) is 0 Å². The number of hydrogen-bond donors (Lipinski definition) is 2. The molecule has 0 bridgehead atoms. The number of benzene rings is 2. The number of carbonyl (C=O) groups excluding carboxylic acids is 2. The molecule has 8 heteroatoms. The Morgan fingerprint density at radius 1 is 0.767 bits per heavy atom. The standard InChI is InChI=1S/C22H24O8/c1-3-21(25)29-13-17(23)11-27-19-7-5-16-10-20(8-6-15(16)9-19)28-12-18(24)14-30-22(26)4-2/h3-10,17-18,23-24H,1-2,11-14H2. The third kappa shape index (κ3) is 7.57. The molecule has 0 heterocycles. The Kier molecular flexibility index (Phi) is 8.86. The first-order chi connectivity index (χ1) is 14.4. The number of esters is 2.